The minimum Gasteiger partial charge on any atom is -0.395 e. The zero-order valence-electron chi connectivity index (χ0n) is 9.75. The Balaban J connectivity index is 2.34. The van der Waals surface area contributed by atoms with Gasteiger partial charge >= 0.3 is 0 Å². The summed E-state index contributed by atoms with van der Waals surface area (Å²) in [6.45, 7) is 7.42. The third kappa shape index (κ3) is 4.95. The summed E-state index contributed by atoms with van der Waals surface area (Å²) in [5.41, 5.74) is 1.27. The average Bonchev–Trinajstić information content (AvgIpc) is 2.62. The zero-order valence-corrected chi connectivity index (χ0v) is 9.75. The lowest BCUT2D eigenvalue weighted by Crippen LogP contribution is -2.35. The van der Waals surface area contributed by atoms with Crippen LogP contribution in [0.5, 0.6) is 0 Å². The number of nitrogens with zero attached hydrogens (tertiary/aromatic N) is 1. The number of nitrogens with one attached hydrogen (secondary N) is 2. The highest BCUT2D eigenvalue weighted by molar-refractivity contribution is 4.97. The molecule has 1 atom stereocenters. The van der Waals surface area contributed by atoms with E-state index in [0.717, 1.165) is 18.7 Å². The Hall–Kier alpha value is -0.870. The number of aliphatic hydroxyl groups is 1. The Morgan fingerprint density at radius 2 is 2.27 bits per heavy atom. The van der Waals surface area contributed by atoms with Crippen molar-refractivity contribution in [1.82, 2.24) is 15.5 Å². The topological polar surface area (TPSA) is 60.9 Å². The number of hydrogen-bond donors (Lipinski definition) is 3. The molecule has 1 aromatic rings. The van der Waals surface area contributed by atoms with E-state index in [0.29, 0.717) is 0 Å². The molecule has 15 heavy (non-hydrogen) atoms. The molecule has 0 saturated carbocycles. The van der Waals surface area contributed by atoms with Crippen molar-refractivity contribution in [2.45, 2.75) is 39.8 Å². The van der Waals surface area contributed by atoms with Gasteiger partial charge in [0.05, 0.1) is 6.61 Å². The smallest absolute Gasteiger partial charge is 0.0584 e. The molecule has 0 aliphatic carbocycles. The van der Waals surface area contributed by atoms with Crippen molar-refractivity contribution in [3.8, 4) is 0 Å². The maximum Gasteiger partial charge on any atom is 0.0584 e. The van der Waals surface area contributed by atoms with Crippen LogP contribution in [0, 0.1) is 5.41 Å². The van der Waals surface area contributed by atoms with Crippen LogP contribution in [0.4, 0.5) is 0 Å². The molecule has 4 heteroatoms. The van der Waals surface area contributed by atoms with Crippen molar-refractivity contribution in [3.63, 3.8) is 0 Å². The van der Waals surface area contributed by atoms with Crippen molar-refractivity contribution in [2.75, 3.05) is 6.61 Å². The number of rotatable bonds is 5. The van der Waals surface area contributed by atoms with Crippen molar-refractivity contribution in [2.24, 2.45) is 5.41 Å². The minimum atomic E-state index is 0.147. The standard InChI is InChI=1S/C11H21N3O/c1-11(2,3)6-10(8-15)12-7-9-4-5-13-14-9/h4-5,10,12,15H,6-8H2,1-3H3,(H,13,14). The SMILES string of the molecule is CC(C)(C)CC(CO)NCc1ccn[nH]1. The summed E-state index contributed by atoms with van der Waals surface area (Å²) >= 11 is 0. The predicted molar refractivity (Wildman–Crippen MR) is 60.4 cm³/mol. The molecule has 0 aliphatic heterocycles. The fraction of sp³-hybridized carbons (Fsp3) is 0.727. The van der Waals surface area contributed by atoms with Gasteiger partial charge in [-0.25, -0.2) is 0 Å². The lowest BCUT2D eigenvalue weighted by atomic mass is 9.88. The number of aromatic nitrogens is 2. The molecule has 0 aliphatic rings. The molecule has 1 heterocycles. The van der Waals surface area contributed by atoms with Gasteiger partial charge in [-0.05, 0) is 17.9 Å². The lowest BCUT2D eigenvalue weighted by Gasteiger charge is -2.25. The van der Waals surface area contributed by atoms with Gasteiger partial charge in [-0.2, -0.15) is 5.10 Å². The average molecular weight is 211 g/mol. The van der Waals surface area contributed by atoms with Crippen LogP contribution in [-0.2, 0) is 6.54 Å². The summed E-state index contributed by atoms with van der Waals surface area (Å²) in [6.07, 6.45) is 2.69. The van der Waals surface area contributed by atoms with Gasteiger partial charge in [-0.15, -0.1) is 0 Å². The number of aliphatic hydroxyl groups excluding tert-OH is 1. The summed E-state index contributed by atoms with van der Waals surface area (Å²) in [4.78, 5) is 0. The first-order valence-corrected chi connectivity index (χ1v) is 5.34. The summed E-state index contributed by atoms with van der Waals surface area (Å²) in [5.74, 6) is 0. The molecule has 86 valence electrons. The highest BCUT2D eigenvalue weighted by Gasteiger charge is 2.17. The fourth-order valence-corrected chi connectivity index (χ4v) is 1.58. The van der Waals surface area contributed by atoms with E-state index in [2.05, 4.69) is 36.3 Å². The van der Waals surface area contributed by atoms with Gasteiger partial charge in [0, 0.05) is 24.5 Å². The third-order valence-electron chi connectivity index (χ3n) is 2.22. The first-order valence-electron chi connectivity index (χ1n) is 5.34. The quantitative estimate of drug-likeness (QED) is 0.688. The first kappa shape index (κ1) is 12.2. The Bertz CT molecular complexity index is 264. The van der Waals surface area contributed by atoms with E-state index in [1.165, 1.54) is 0 Å². The van der Waals surface area contributed by atoms with Crippen LogP contribution in [0.1, 0.15) is 32.9 Å². The summed E-state index contributed by atoms with van der Waals surface area (Å²) in [7, 11) is 0. The molecule has 0 amide bonds. The molecule has 0 radical (unpaired) electrons. The second-order valence-corrected chi connectivity index (χ2v) is 5.11. The molecule has 4 nitrogen and oxygen atoms in total. The molecule has 0 spiro atoms. The van der Waals surface area contributed by atoms with E-state index in [1.54, 1.807) is 6.20 Å². The highest BCUT2D eigenvalue weighted by Crippen LogP contribution is 2.20. The number of aromatic amines is 1. The Morgan fingerprint density at radius 1 is 1.53 bits per heavy atom. The van der Waals surface area contributed by atoms with Gasteiger partial charge in [0.2, 0.25) is 0 Å². The Morgan fingerprint density at radius 3 is 2.73 bits per heavy atom. The predicted octanol–water partition coefficient (Wildman–Crippen LogP) is 1.30. The van der Waals surface area contributed by atoms with Crippen LogP contribution in [0.25, 0.3) is 0 Å². The number of H-pyrrole nitrogens is 1. The normalized spacial score (nSPS) is 14.1. The summed E-state index contributed by atoms with van der Waals surface area (Å²) in [6, 6.07) is 2.08. The highest BCUT2D eigenvalue weighted by atomic mass is 16.3. The van der Waals surface area contributed by atoms with E-state index < -0.39 is 0 Å². The molecular weight excluding hydrogens is 190 g/mol. The molecule has 0 aromatic carbocycles. The van der Waals surface area contributed by atoms with Crippen LogP contribution in [-0.4, -0.2) is 28.0 Å². The van der Waals surface area contributed by atoms with Crippen molar-refractivity contribution in [3.05, 3.63) is 18.0 Å². The Kier molecular flexibility index (Phi) is 4.29. The minimum absolute atomic E-state index is 0.147. The van der Waals surface area contributed by atoms with Crippen molar-refractivity contribution >= 4 is 0 Å². The van der Waals surface area contributed by atoms with Gasteiger partial charge in [-0.3, -0.25) is 5.10 Å². The van der Waals surface area contributed by atoms with Crippen LogP contribution in [0.15, 0.2) is 12.3 Å². The van der Waals surface area contributed by atoms with Gasteiger partial charge in [0.15, 0.2) is 0 Å². The maximum atomic E-state index is 9.23. The zero-order chi connectivity index (χ0) is 11.3. The third-order valence-corrected chi connectivity index (χ3v) is 2.22. The van der Waals surface area contributed by atoms with Crippen LogP contribution in [0.2, 0.25) is 0 Å². The molecule has 0 saturated heterocycles. The molecule has 3 N–H and O–H groups in total. The van der Waals surface area contributed by atoms with E-state index in [-0.39, 0.29) is 18.1 Å². The van der Waals surface area contributed by atoms with Gasteiger partial charge in [0.25, 0.3) is 0 Å². The van der Waals surface area contributed by atoms with E-state index in [1.807, 2.05) is 6.07 Å². The monoisotopic (exact) mass is 211 g/mol. The molecule has 1 unspecified atom stereocenters. The van der Waals surface area contributed by atoms with Crippen LogP contribution in [0.3, 0.4) is 0 Å². The molecule has 0 bridgehead atoms. The van der Waals surface area contributed by atoms with Crippen LogP contribution >= 0.6 is 0 Å². The molecular formula is C11H21N3O. The van der Waals surface area contributed by atoms with Crippen LogP contribution < -0.4 is 5.32 Å². The Labute approximate surface area is 91.1 Å². The molecule has 1 aromatic heterocycles. The lowest BCUT2D eigenvalue weighted by molar-refractivity contribution is 0.197. The van der Waals surface area contributed by atoms with Gasteiger partial charge in [0.1, 0.15) is 0 Å². The summed E-state index contributed by atoms with van der Waals surface area (Å²) < 4.78 is 0. The van der Waals surface area contributed by atoms with E-state index in [4.69, 9.17) is 0 Å². The van der Waals surface area contributed by atoms with Crippen molar-refractivity contribution < 1.29 is 5.11 Å². The summed E-state index contributed by atoms with van der Waals surface area (Å²) in [5, 5.41) is 19.3. The van der Waals surface area contributed by atoms with E-state index >= 15 is 0 Å². The second-order valence-electron chi connectivity index (χ2n) is 5.11. The second kappa shape index (κ2) is 5.28. The fourth-order valence-electron chi connectivity index (χ4n) is 1.58. The van der Waals surface area contributed by atoms with E-state index in [9.17, 15) is 5.11 Å². The maximum absolute atomic E-state index is 9.23. The largest absolute Gasteiger partial charge is 0.395 e. The molecule has 0 fully saturated rings. The van der Waals surface area contributed by atoms with Gasteiger partial charge < -0.3 is 10.4 Å². The molecule has 1 rings (SSSR count). The van der Waals surface area contributed by atoms with Crippen molar-refractivity contribution in [1.29, 1.82) is 0 Å². The number of hydrogen-bond acceptors (Lipinski definition) is 3. The van der Waals surface area contributed by atoms with Gasteiger partial charge in [-0.1, -0.05) is 20.8 Å². The first-order chi connectivity index (χ1) is 7.01.